The molecule has 2 aromatic carbocycles. The van der Waals surface area contributed by atoms with Crippen molar-refractivity contribution in [2.24, 2.45) is 0 Å². The minimum absolute atomic E-state index is 0.547. The number of benzene rings is 2. The average molecular weight is 258 g/mol. The maximum absolute atomic E-state index is 5.77. The molecule has 0 radical (unpaired) electrons. The highest BCUT2D eigenvalue weighted by atomic mass is 35.5. The van der Waals surface area contributed by atoms with Crippen molar-refractivity contribution in [1.29, 1.82) is 0 Å². The lowest BCUT2D eigenvalue weighted by Crippen LogP contribution is -1.94. The normalized spacial score (nSPS) is 10.1. The SMILES string of the molecule is C=Cc1cccc(Nc2ccc(CCl)cc2)c1C. The topological polar surface area (TPSA) is 12.0 Å². The molecule has 0 aliphatic rings. The maximum Gasteiger partial charge on any atom is 0.0474 e. The molecular formula is C16H16ClN. The Morgan fingerprint density at radius 1 is 1.17 bits per heavy atom. The third kappa shape index (κ3) is 2.74. The second-order valence-electron chi connectivity index (χ2n) is 4.18. The van der Waals surface area contributed by atoms with Crippen molar-refractivity contribution in [2.75, 3.05) is 5.32 Å². The first-order valence-electron chi connectivity index (χ1n) is 5.88. The van der Waals surface area contributed by atoms with Gasteiger partial charge in [-0.15, -0.1) is 11.6 Å². The van der Waals surface area contributed by atoms with E-state index in [1.54, 1.807) is 0 Å². The molecule has 0 spiro atoms. The lowest BCUT2D eigenvalue weighted by molar-refractivity contribution is 1.38. The number of halogens is 1. The van der Waals surface area contributed by atoms with Crippen molar-refractivity contribution in [2.45, 2.75) is 12.8 Å². The number of alkyl halides is 1. The Kier molecular flexibility index (Phi) is 4.06. The molecule has 18 heavy (non-hydrogen) atoms. The van der Waals surface area contributed by atoms with Crippen LogP contribution < -0.4 is 5.32 Å². The summed E-state index contributed by atoms with van der Waals surface area (Å²) in [6, 6.07) is 14.3. The largest absolute Gasteiger partial charge is 0.355 e. The molecule has 0 unspecified atom stereocenters. The van der Waals surface area contributed by atoms with Crippen molar-refractivity contribution in [3.8, 4) is 0 Å². The molecule has 0 aromatic heterocycles. The molecule has 0 amide bonds. The Bertz CT molecular complexity index is 544. The monoisotopic (exact) mass is 257 g/mol. The minimum atomic E-state index is 0.547. The van der Waals surface area contributed by atoms with Crippen LogP contribution in [0.15, 0.2) is 49.0 Å². The molecule has 2 rings (SSSR count). The molecule has 1 nitrogen and oxygen atoms in total. The lowest BCUT2D eigenvalue weighted by atomic mass is 10.1. The lowest BCUT2D eigenvalue weighted by Gasteiger charge is -2.11. The number of nitrogens with one attached hydrogen (secondary N) is 1. The first-order valence-corrected chi connectivity index (χ1v) is 6.42. The van der Waals surface area contributed by atoms with Crippen LogP contribution in [0.5, 0.6) is 0 Å². The van der Waals surface area contributed by atoms with Crippen LogP contribution in [0, 0.1) is 6.92 Å². The highest BCUT2D eigenvalue weighted by Gasteiger charge is 2.01. The predicted molar refractivity (Wildman–Crippen MR) is 80.6 cm³/mol. The van der Waals surface area contributed by atoms with Crippen LogP contribution >= 0.6 is 11.6 Å². The summed E-state index contributed by atoms with van der Waals surface area (Å²) in [5.74, 6) is 0.547. The van der Waals surface area contributed by atoms with Gasteiger partial charge in [-0.2, -0.15) is 0 Å². The molecule has 0 bridgehead atoms. The van der Waals surface area contributed by atoms with Gasteiger partial charge in [-0.3, -0.25) is 0 Å². The van der Waals surface area contributed by atoms with E-state index < -0.39 is 0 Å². The fourth-order valence-electron chi connectivity index (χ4n) is 1.84. The fraction of sp³-hybridized carbons (Fsp3) is 0.125. The number of anilines is 2. The first-order chi connectivity index (χ1) is 8.74. The van der Waals surface area contributed by atoms with Crippen LogP contribution in [-0.4, -0.2) is 0 Å². The third-order valence-corrected chi connectivity index (χ3v) is 3.29. The molecule has 0 fully saturated rings. The molecule has 2 heteroatoms. The van der Waals surface area contributed by atoms with Crippen molar-refractivity contribution >= 4 is 29.1 Å². The van der Waals surface area contributed by atoms with E-state index in [2.05, 4.69) is 31.0 Å². The van der Waals surface area contributed by atoms with Crippen molar-refractivity contribution in [3.63, 3.8) is 0 Å². The molecule has 0 atom stereocenters. The molecule has 0 aliphatic carbocycles. The van der Waals surface area contributed by atoms with Crippen molar-refractivity contribution in [3.05, 3.63) is 65.7 Å². The van der Waals surface area contributed by atoms with E-state index in [4.69, 9.17) is 11.6 Å². The van der Waals surface area contributed by atoms with E-state index in [-0.39, 0.29) is 0 Å². The molecule has 2 aromatic rings. The molecule has 0 saturated heterocycles. The maximum atomic E-state index is 5.77. The highest BCUT2D eigenvalue weighted by Crippen LogP contribution is 2.24. The van der Waals surface area contributed by atoms with Gasteiger partial charge in [0.2, 0.25) is 0 Å². The zero-order valence-corrected chi connectivity index (χ0v) is 11.2. The summed E-state index contributed by atoms with van der Waals surface area (Å²) >= 11 is 5.77. The second kappa shape index (κ2) is 5.74. The fourth-order valence-corrected chi connectivity index (χ4v) is 2.02. The summed E-state index contributed by atoms with van der Waals surface area (Å²) in [7, 11) is 0. The van der Waals surface area contributed by atoms with Gasteiger partial charge in [0.25, 0.3) is 0 Å². The smallest absolute Gasteiger partial charge is 0.0474 e. The summed E-state index contributed by atoms with van der Waals surface area (Å²) in [5.41, 5.74) is 5.64. The molecule has 0 aliphatic heterocycles. The highest BCUT2D eigenvalue weighted by molar-refractivity contribution is 6.17. The summed E-state index contributed by atoms with van der Waals surface area (Å²) in [6.07, 6.45) is 1.87. The van der Waals surface area contributed by atoms with Gasteiger partial charge in [0, 0.05) is 17.3 Å². The minimum Gasteiger partial charge on any atom is -0.355 e. The molecular weight excluding hydrogens is 242 g/mol. The Balaban J connectivity index is 2.25. The Labute approximate surface area is 113 Å². The standard InChI is InChI=1S/C16H16ClN/c1-3-14-5-4-6-16(12(14)2)18-15-9-7-13(11-17)8-10-15/h3-10,18H,1,11H2,2H3. The van der Waals surface area contributed by atoms with Gasteiger partial charge in [0.1, 0.15) is 0 Å². The van der Waals surface area contributed by atoms with E-state index in [0.717, 1.165) is 22.5 Å². The molecule has 1 N–H and O–H groups in total. The first kappa shape index (κ1) is 12.7. The van der Waals surface area contributed by atoms with Crippen LogP contribution in [0.4, 0.5) is 11.4 Å². The van der Waals surface area contributed by atoms with Crippen LogP contribution in [-0.2, 0) is 5.88 Å². The van der Waals surface area contributed by atoms with E-state index >= 15 is 0 Å². The molecule has 0 saturated carbocycles. The quantitative estimate of drug-likeness (QED) is 0.750. The molecule has 0 heterocycles. The third-order valence-electron chi connectivity index (χ3n) is 2.98. The summed E-state index contributed by atoms with van der Waals surface area (Å²) in [6.45, 7) is 5.91. The van der Waals surface area contributed by atoms with Gasteiger partial charge < -0.3 is 5.32 Å². The summed E-state index contributed by atoms with van der Waals surface area (Å²) in [4.78, 5) is 0. The number of hydrogen-bond acceptors (Lipinski definition) is 1. The number of rotatable bonds is 4. The average Bonchev–Trinajstić information content (AvgIpc) is 2.42. The Morgan fingerprint density at radius 3 is 2.50 bits per heavy atom. The second-order valence-corrected chi connectivity index (χ2v) is 4.45. The van der Waals surface area contributed by atoms with Gasteiger partial charge in [-0.05, 0) is 41.8 Å². The van der Waals surface area contributed by atoms with E-state index in [1.165, 1.54) is 5.56 Å². The summed E-state index contributed by atoms with van der Waals surface area (Å²) < 4.78 is 0. The van der Waals surface area contributed by atoms with Crippen LogP contribution in [0.1, 0.15) is 16.7 Å². The van der Waals surface area contributed by atoms with Crippen molar-refractivity contribution < 1.29 is 0 Å². The van der Waals surface area contributed by atoms with E-state index in [9.17, 15) is 0 Å². The van der Waals surface area contributed by atoms with Gasteiger partial charge in [0.15, 0.2) is 0 Å². The van der Waals surface area contributed by atoms with Crippen LogP contribution in [0.25, 0.3) is 6.08 Å². The Hall–Kier alpha value is -1.73. The van der Waals surface area contributed by atoms with E-state index in [1.807, 2.05) is 36.4 Å². The zero-order chi connectivity index (χ0) is 13.0. The van der Waals surface area contributed by atoms with E-state index in [0.29, 0.717) is 5.88 Å². The number of hydrogen-bond donors (Lipinski definition) is 1. The Morgan fingerprint density at radius 2 is 1.89 bits per heavy atom. The molecule has 92 valence electrons. The zero-order valence-electron chi connectivity index (χ0n) is 10.4. The predicted octanol–water partition coefficient (Wildman–Crippen LogP) is 5.12. The van der Waals surface area contributed by atoms with Crippen LogP contribution in [0.2, 0.25) is 0 Å². The van der Waals surface area contributed by atoms with Gasteiger partial charge in [-0.1, -0.05) is 36.9 Å². The van der Waals surface area contributed by atoms with Gasteiger partial charge >= 0.3 is 0 Å². The van der Waals surface area contributed by atoms with Crippen LogP contribution in [0.3, 0.4) is 0 Å². The van der Waals surface area contributed by atoms with Crippen molar-refractivity contribution in [1.82, 2.24) is 0 Å². The van der Waals surface area contributed by atoms with Gasteiger partial charge in [0.05, 0.1) is 0 Å². The summed E-state index contributed by atoms with van der Waals surface area (Å²) in [5, 5.41) is 3.41. The van der Waals surface area contributed by atoms with Gasteiger partial charge in [-0.25, -0.2) is 0 Å².